The lowest BCUT2D eigenvalue weighted by Gasteiger charge is -2.40. The number of methoxy groups -OCH3 is 1. The van der Waals surface area contributed by atoms with Gasteiger partial charge in [-0.05, 0) is 69.1 Å². The van der Waals surface area contributed by atoms with Crippen LogP contribution in [0.5, 0.6) is 0 Å². The van der Waals surface area contributed by atoms with Crippen LogP contribution in [0.3, 0.4) is 0 Å². The van der Waals surface area contributed by atoms with Crippen LogP contribution >= 0.6 is 11.6 Å². The van der Waals surface area contributed by atoms with Crippen molar-refractivity contribution in [2.45, 2.75) is 57.7 Å². The first-order valence-electron chi connectivity index (χ1n) is 9.79. The molecule has 138 valence electrons. The summed E-state index contributed by atoms with van der Waals surface area (Å²) in [5, 5.41) is 0. The minimum Gasteiger partial charge on any atom is -0.384 e. The van der Waals surface area contributed by atoms with Gasteiger partial charge in [0, 0.05) is 24.5 Å². The molecule has 2 aliphatic carbocycles. The van der Waals surface area contributed by atoms with Crippen LogP contribution in [0.2, 0.25) is 0 Å². The summed E-state index contributed by atoms with van der Waals surface area (Å²) in [7, 11) is 1.74. The van der Waals surface area contributed by atoms with Crippen LogP contribution in [-0.4, -0.2) is 33.2 Å². The Morgan fingerprint density at radius 3 is 1.96 bits per heavy atom. The van der Waals surface area contributed by atoms with Crippen molar-refractivity contribution in [2.75, 3.05) is 26.9 Å². The van der Waals surface area contributed by atoms with E-state index in [0.29, 0.717) is 11.8 Å². The van der Waals surface area contributed by atoms with E-state index >= 15 is 0 Å². The van der Waals surface area contributed by atoms with E-state index in [4.69, 9.17) is 25.8 Å². The molecule has 3 nitrogen and oxygen atoms in total. The fourth-order valence-electron chi connectivity index (χ4n) is 4.96. The lowest BCUT2D eigenvalue weighted by molar-refractivity contribution is -0.234. The average molecular weight is 357 g/mol. The van der Waals surface area contributed by atoms with Gasteiger partial charge in [0.05, 0.1) is 19.8 Å². The predicted octanol–water partition coefficient (Wildman–Crippen LogP) is 4.99. The minimum atomic E-state index is 0.0312. The van der Waals surface area contributed by atoms with E-state index in [9.17, 15) is 0 Å². The van der Waals surface area contributed by atoms with Gasteiger partial charge < -0.3 is 14.2 Å². The smallest absolute Gasteiger partial charge is 0.160 e. The van der Waals surface area contributed by atoms with Crippen LogP contribution < -0.4 is 0 Å². The van der Waals surface area contributed by atoms with Gasteiger partial charge in [-0.2, -0.15) is 0 Å². The van der Waals surface area contributed by atoms with Crippen LogP contribution in [0.4, 0.5) is 0 Å². The molecular formula is C20H33ClO3. The predicted molar refractivity (Wildman–Crippen MR) is 96.9 cm³/mol. The maximum atomic E-state index is 5.98. The van der Waals surface area contributed by atoms with Gasteiger partial charge in [-0.15, -0.1) is 0 Å². The summed E-state index contributed by atoms with van der Waals surface area (Å²) < 4.78 is 17.2. The van der Waals surface area contributed by atoms with Crippen molar-refractivity contribution in [2.24, 2.45) is 29.6 Å². The Bertz CT molecular complexity index is 376. The molecule has 0 spiro atoms. The molecule has 0 atom stereocenters. The highest BCUT2D eigenvalue weighted by Gasteiger charge is 2.35. The third kappa shape index (κ3) is 4.97. The molecule has 24 heavy (non-hydrogen) atoms. The molecule has 0 N–H and O–H groups in total. The third-order valence-electron chi connectivity index (χ3n) is 6.42. The fraction of sp³-hybridized carbons (Fsp3) is 0.900. The molecule has 3 fully saturated rings. The summed E-state index contributed by atoms with van der Waals surface area (Å²) >= 11 is 5.73. The molecule has 0 aromatic heterocycles. The summed E-state index contributed by atoms with van der Waals surface area (Å²) in [6, 6.07) is 0. The Morgan fingerprint density at radius 2 is 1.42 bits per heavy atom. The first-order chi connectivity index (χ1) is 11.8. The molecule has 1 heterocycles. The molecule has 1 aliphatic heterocycles. The zero-order valence-corrected chi connectivity index (χ0v) is 15.8. The number of ether oxygens (including phenoxy) is 3. The molecule has 0 bridgehead atoms. The fourth-order valence-corrected chi connectivity index (χ4v) is 5.17. The topological polar surface area (TPSA) is 27.7 Å². The molecule has 0 radical (unpaired) electrons. The SMILES string of the molecule is COC[C@H]1CO[C@H](C2CCC([C@H]3CC[C@H](/C=C/Cl)CC3)CC2)OC1. The number of rotatable bonds is 5. The van der Waals surface area contributed by atoms with Gasteiger partial charge in [-0.3, -0.25) is 0 Å². The molecule has 4 heteroatoms. The van der Waals surface area contributed by atoms with Gasteiger partial charge in [-0.1, -0.05) is 17.7 Å². The van der Waals surface area contributed by atoms with Crippen LogP contribution in [0.15, 0.2) is 11.6 Å². The monoisotopic (exact) mass is 356 g/mol. The van der Waals surface area contributed by atoms with Crippen molar-refractivity contribution >= 4 is 11.6 Å². The zero-order chi connectivity index (χ0) is 16.8. The highest BCUT2D eigenvalue weighted by Crippen LogP contribution is 2.43. The van der Waals surface area contributed by atoms with E-state index in [2.05, 4.69) is 6.08 Å². The van der Waals surface area contributed by atoms with E-state index < -0.39 is 0 Å². The molecule has 1 saturated heterocycles. The molecule has 0 amide bonds. The second kappa shape index (κ2) is 9.56. The van der Waals surface area contributed by atoms with E-state index in [1.165, 1.54) is 51.4 Å². The number of hydrogen-bond acceptors (Lipinski definition) is 3. The first-order valence-corrected chi connectivity index (χ1v) is 10.2. The Labute approximate surface area is 152 Å². The maximum Gasteiger partial charge on any atom is 0.160 e. The highest BCUT2D eigenvalue weighted by molar-refractivity contribution is 6.25. The van der Waals surface area contributed by atoms with Crippen molar-refractivity contribution in [3.63, 3.8) is 0 Å². The second-order valence-corrected chi connectivity index (χ2v) is 8.28. The molecule has 2 saturated carbocycles. The largest absolute Gasteiger partial charge is 0.384 e. The van der Waals surface area contributed by atoms with Crippen molar-refractivity contribution in [3.05, 3.63) is 11.6 Å². The summed E-state index contributed by atoms with van der Waals surface area (Å²) in [6.45, 7) is 2.31. The third-order valence-corrected chi connectivity index (χ3v) is 6.57. The van der Waals surface area contributed by atoms with E-state index in [1.54, 1.807) is 12.6 Å². The lowest BCUT2D eigenvalue weighted by Crippen LogP contribution is -2.40. The van der Waals surface area contributed by atoms with Crippen LogP contribution in [0.1, 0.15) is 51.4 Å². The summed E-state index contributed by atoms with van der Waals surface area (Å²) in [5.41, 5.74) is 1.71. The molecule has 0 unspecified atom stereocenters. The Hall–Kier alpha value is -0.0900. The van der Waals surface area contributed by atoms with Crippen LogP contribution in [-0.2, 0) is 14.2 Å². The van der Waals surface area contributed by atoms with Crippen LogP contribution in [0, 0.1) is 29.6 Å². The summed E-state index contributed by atoms with van der Waals surface area (Å²) in [6.07, 6.45) is 12.9. The van der Waals surface area contributed by atoms with Gasteiger partial charge in [0.1, 0.15) is 0 Å². The molecule has 0 aromatic rings. The lowest BCUT2D eigenvalue weighted by atomic mass is 9.69. The minimum absolute atomic E-state index is 0.0312. The molecule has 0 aromatic carbocycles. The number of halogens is 1. The van der Waals surface area contributed by atoms with Gasteiger partial charge >= 0.3 is 0 Å². The van der Waals surface area contributed by atoms with Gasteiger partial charge in [0.2, 0.25) is 0 Å². The van der Waals surface area contributed by atoms with E-state index in [-0.39, 0.29) is 6.29 Å². The summed E-state index contributed by atoms with van der Waals surface area (Å²) in [5.74, 6) is 3.58. The number of hydrogen-bond donors (Lipinski definition) is 0. The van der Waals surface area contributed by atoms with Crippen molar-refractivity contribution < 1.29 is 14.2 Å². The average Bonchev–Trinajstić information content (AvgIpc) is 2.64. The van der Waals surface area contributed by atoms with Crippen molar-refractivity contribution in [1.29, 1.82) is 0 Å². The molecule has 3 aliphatic rings. The quantitative estimate of drug-likeness (QED) is 0.694. The van der Waals surface area contributed by atoms with Gasteiger partial charge in [0.25, 0.3) is 0 Å². The Kier molecular flexibility index (Phi) is 7.45. The van der Waals surface area contributed by atoms with E-state index in [0.717, 1.165) is 37.6 Å². The second-order valence-electron chi connectivity index (χ2n) is 8.02. The summed E-state index contributed by atoms with van der Waals surface area (Å²) in [4.78, 5) is 0. The van der Waals surface area contributed by atoms with E-state index in [1.807, 2.05) is 0 Å². The van der Waals surface area contributed by atoms with Gasteiger partial charge in [0.15, 0.2) is 6.29 Å². The zero-order valence-electron chi connectivity index (χ0n) is 15.0. The normalized spacial score (nSPS) is 41.6. The standard InChI is InChI=1S/C20H33ClO3/c1-22-12-16-13-23-20(24-14-16)19-8-6-18(7-9-19)17-4-2-15(3-5-17)10-11-21/h10-11,15-20H,2-9,12-14H2,1H3/b11-10+/t15-,16-,17-,18?,19?,20-. The highest BCUT2D eigenvalue weighted by atomic mass is 35.5. The number of allylic oxidation sites excluding steroid dienone is 1. The van der Waals surface area contributed by atoms with Gasteiger partial charge in [-0.25, -0.2) is 0 Å². The molecular weight excluding hydrogens is 324 g/mol. The first kappa shape index (κ1) is 18.7. The molecule has 3 rings (SSSR count). The Balaban J connectivity index is 1.37. The van der Waals surface area contributed by atoms with Crippen molar-refractivity contribution in [3.8, 4) is 0 Å². The van der Waals surface area contributed by atoms with Crippen LogP contribution in [0.25, 0.3) is 0 Å². The maximum absolute atomic E-state index is 5.98. The Morgan fingerprint density at radius 1 is 0.875 bits per heavy atom. The van der Waals surface area contributed by atoms with Crippen molar-refractivity contribution in [1.82, 2.24) is 0 Å².